The first-order valence-corrected chi connectivity index (χ1v) is 4.14. The number of nitriles is 1. The summed E-state index contributed by atoms with van der Waals surface area (Å²) in [6, 6.07) is 0. The van der Waals surface area contributed by atoms with Crippen LogP contribution in [0.4, 0.5) is 0 Å². The number of nitrogens with one attached hydrogen (secondary N) is 1. The van der Waals surface area contributed by atoms with Crippen LogP contribution in [-0.2, 0) is 4.74 Å². The lowest BCUT2D eigenvalue weighted by molar-refractivity contribution is 0.373. The predicted molar refractivity (Wildman–Crippen MR) is 54.6 cm³/mol. The van der Waals surface area contributed by atoms with Crippen molar-refractivity contribution in [3.8, 4) is 6.26 Å². The van der Waals surface area contributed by atoms with Crippen molar-refractivity contribution in [2.75, 3.05) is 0 Å². The van der Waals surface area contributed by atoms with Crippen LogP contribution in [0.25, 0.3) is 0 Å². The molecule has 0 heterocycles. The Kier molecular flexibility index (Phi) is 5.00. The van der Waals surface area contributed by atoms with Gasteiger partial charge < -0.3 is 10.5 Å². The van der Waals surface area contributed by atoms with Gasteiger partial charge in [-0.25, -0.2) is 0 Å². The van der Waals surface area contributed by atoms with E-state index in [4.69, 9.17) is 16.4 Å². The zero-order chi connectivity index (χ0) is 11.1. The number of nitrogens with two attached hydrogens (primary N) is 1. The highest BCUT2D eigenvalue weighted by molar-refractivity contribution is 5.95. The molecule has 0 aliphatic heterocycles. The van der Waals surface area contributed by atoms with Crippen molar-refractivity contribution >= 4 is 12.1 Å². The molecule has 0 saturated carbocycles. The van der Waals surface area contributed by atoms with Gasteiger partial charge in [0.15, 0.2) is 0 Å². The molecule has 0 bridgehead atoms. The Morgan fingerprint density at radius 3 is 2.57 bits per heavy atom. The average Bonchev–Trinajstić information content (AvgIpc) is 2.03. The van der Waals surface area contributed by atoms with Crippen LogP contribution < -0.4 is 5.73 Å². The number of allylic oxidation sites excluding steroid dienone is 1. The molecule has 0 aliphatic carbocycles. The van der Waals surface area contributed by atoms with Crippen molar-refractivity contribution in [2.24, 2.45) is 16.6 Å². The van der Waals surface area contributed by atoms with E-state index >= 15 is 0 Å². The molecule has 0 aromatic carbocycles. The molecule has 0 amide bonds. The van der Waals surface area contributed by atoms with Crippen LogP contribution in [0.15, 0.2) is 16.4 Å². The normalized spacial score (nSPS) is 12.5. The van der Waals surface area contributed by atoms with Gasteiger partial charge in [0, 0.05) is 6.21 Å². The molecule has 0 unspecified atom stereocenters. The monoisotopic (exact) mass is 194 g/mol. The molecule has 0 saturated heterocycles. The van der Waals surface area contributed by atoms with Crippen LogP contribution in [0.2, 0.25) is 0 Å². The van der Waals surface area contributed by atoms with E-state index in [1.54, 1.807) is 6.21 Å². The topological polar surface area (TPSA) is 95.2 Å². The standard InChI is InChI=1S/C9H14N4O/c1-6(2)4-13-8(9(11)12)7(3)14-5-10/h4,6H,1-3H3,(H3,11,12)/b8-7+,13-4?. The third-order valence-electron chi connectivity index (χ3n) is 1.29. The van der Waals surface area contributed by atoms with Gasteiger partial charge in [-0.15, -0.1) is 5.26 Å². The Hall–Kier alpha value is -1.83. The van der Waals surface area contributed by atoms with Gasteiger partial charge in [0.25, 0.3) is 6.26 Å². The maximum atomic E-state index is 8.28. The summed E-state index contributed by atoms with van der Waals surface area (Å²) >= 11 is 0. The van der Waals surface area contributed by atoms with Crippen molar-refractivity contribution in [1.82, 2.24) is 0 Å². The number of amidine groups is 1. The summed E-state index contributed by atoms with van der Waals surface area (Å²) in [7, 11) is 0. The van der Waals surface area contributed by atoms with Gasteiger partial charge >= 0.3 is 0 Å². The molecule has 0 aliphatic rings. The van der Waals surface area contributed by atoms with Gasteiger partial charge in [0.05, 0.1) is 0 Å². The summed E-state index contributed by atoms with van der Waals surface area (Å²) < 4.78 is 4.55. The first kappa shape index (κ1) is 12.2. The van der Waals surface area contributed by atoms with Crippen molar-refractivity contribution in [3.05, 3.63) is 11.5 Å². The number of hydrogen-bond acceptors (Lipinski definition) is 4. The SMILES string of the molecule is C/C(OC#N)=C(\N=CC(C)C)C(=N)N. The van der Waals surface area contributed by atoms with E-state index in [-0.39, 0.29) is 23.2 Å². The molecule has 0 aromatic rings. The smallest absolute Gasteiger partial charge is 0.291 e. The lowest BCUT2D eigenvalue weighted by Gasteiger charge is -2.02. The Morgan fingerprint density at radius 1 is 1.64 bits per heavy atom. The minimum atomic E-state index is -0.213. The Labute approximate surface area is 83.4 Å². The first-order valence-electron chi connectivity index (χ1n) is 4.14. The van der Waals surface area contributed by atoms with Gasteiger partial charge in [0.1, 0.15) is 17.3 Å². The maximum absolute atomic E-state index is 8.28. The highest BCUT2D eigenvalue weighted by atomic mass is 16.5. The van der Waals surface area contributed by atoms with Gasteiger partial charge in [-0.3, -0.25) is 10.4 Å². The minimum absolute atomic E-state index is 0.195. The van der Waals surface area contributed by atoms with E-state index in [9.17, 15) is 0 Å². The van der Waals surface area contributed by atoms with E-state index in [1.807, 2.05) is 13.8 Å². The zero-order valence-corrected chi connectivity index (χ0v) is 8.53. The predicted octanol–water partition coefficient (Wildman–Crippen LogP) is 1.38. The van der Waals surface area contributed by atoms with Crippen molar-refractivity contribution in [1.29, 1.82) is 10.7 Å². The second-order valence-electron chi connectivity index (χ2n) is 3.03. The maximum Gasteiger partial charge on any atom is 0.291 e. The van der Waals surface area contributed by atoms with E-state index in [0.717, 1.165) is 0 Å². The summed E-state index contributed by atoms with van der Waals surface area (Å²) in [5, 5.41) is 15.5. The van der Waals surface area contributed by atoms with E-state index in [0.29, 0.717) is 0 Å². The molecule has 3 N–H and O–H groups in total. The number of hydrogen-bond donors (Lipinski definition) is 2. The molecule has 76 valence electrons. The van der Waals surface area contributed by atoms with E-state index in [1.165, 1.54) is 13.2 Å². The lowest BCUT2D eigenvalue weighted by Crippen LogP contribution is -2.14. The van der Waals surface area contributed by atoms with Crippen LogP contribution in [0.5, 0.6) is 0 Å². The van der Waals surface area contributed by atoms with Crippen molar-refractivity contribution < 1.29 is 4.74 Å². The molecule has 0 aromatic heterocycles. The molecule has 14 heavy (non-hydrogen) atoms. The molecular formula is C9H14N4O. The summed E-state index contributed by atoms with van der Waals surface area (Å²) in [5.41, 5.74) is 5.47. The third-order valence-corrected chi connectivity index (χ3v) is 1.29. The van der Waals surface area contributed by atoms with E-state index in [2.05, 4.69) is 9.73 Å². The minimum Gasteiger partial charge on any atom is -0.390 e. The average molecular weight is 194 g/mol. The largest absolute Gasteiger partial charge is 0.390 e. The fourth-order valence-corrected chi connectivity index (χ4v) is 0.691. The van der Waals surface area contributed by atoms with Gasteiger partial charge in [-0.05, 0) is 12.8 Å². The van der Waals surface area contributed by atoms with E-state index < -0.39 is 0 Å². The van der Waals surface area contributed by atoms with Crippen molar-refractivity contribution in [2.45, 2.75) is 20.8 Å². The molecule has 0 fully saturated rings. The first-order chi connectivity index (χ1) is 6.49. The Morgan fingerprint density at radius 2 is 2.21 bits per heavy atom. The quantitative estimate of drug-likeness (QED) is 0.306. The molecule has 5 heteroatoms. The van der Waals surface area contributed by atoms with Gasteiger partial charge in [-0.1, -0.05) is 13.8 Å². The van der Waals surface area contributed by atoms with Gasteiger partial charge in [0.2, 0.25) is 0 Å². The highest BCUT2D eigenvalue weighted by Gasteiger charge is 2.05. The Balaban J connectivity index is 4.87. The van der Waals surface area contributed by atoms with Crippen molar-refractivity contribution in [3.63, 3.8) is 0 Å². The van der Waals surface area contributed by atoms with Crippen LogP contribution in [0.3, 0.4) is 0 Å². The van der Waals surface area contributed by atoms with Crippen LogP contribution >= 0.6 is 0 Å². The third kappa shape index (κ3) is 4.26. The fourth-order valence-electron chi connectivity index (χ4n) is 0.691. The number of ether oxygens (including phenoxy) is 1. The summed E-state index contributed by atoms with van der Waals surface area (Å²) in [4.78, 5) is 3.97. The van der Waals surface area contributed by atoms with Crippen LogP contribution in [-0.4, -0.2) is 12.1 Å². The number of rotatable bonds is 4. The summed E-state index contributed by atoms with van der Waals surface area (Å²) in [5.74, 6) is 0.269. The molecule has 5 nitrogen and oxygen atoms in total. The molecule has 0 radical (unpaired) electrons. The second-order valence-corrected chi connectivity index (χ2v) is 3.03. The van der Waals surface area contributed by atoms with Crippen LogP contribution in [0.1, 0.15) is 20.8 Å². The molecule has 0 atom stereocenters. The fraction of sp³-hybridized carbons (Fsp3) is 0.444. The highest BCUT2D eigenvalue weighted by Crippen LogP contribution is 2.06. The summed E-state index contributed by atoms with van der Waals surface area (Å²) in [6.45, 7) is 5.43. The molecule has 0 spiro atoms. The Bertz CT molecular complexity index is 309. The lowest BCUT2D eigenvalue weighted by atomic mass is 10.2. The number of aliphatic imine (C=N–C) groups is 1. The second kappa shape index (κ2) is 5.75. The van der Waals surface area contributed by atoms with Gasteiger partial charge in [-0.2, -0.15) is 0 Å². The summed E-state index contributed by atoms with van der Waals surface area (Å²) in [6.07, 6.45) is 3.15. The molecule has 0 rings (SSSR count). The van der Waals surface area contributed by atoms with Crippen LogP contribution in [0, 0.1) is 22.8 Å². The zero-order valence-electron chi connectivity index (χ0n) is 8.53. The number of nitrogens with zero attached hydrogens (tertiary/aromatic N) is 2. The molecular weight excluding hydrogens is 180 g/mol.